The van der Waals surface area contributed by atoms with Crippen LogP contribution in [-0.4, -0.2) is 41.3 Å². The molecule has 1 amide bonds. The highest BCUT2D eigenvalue weighted by molar-refractivity contribution is 7.92. The van der Waals surface area contributed by atoms with Gasteiger partial charge in [0.2, 0.25) is 15.9 Å². The fraction of sp³-hybridized carbons (Fsp3) is 0.316. The smallest absolute Gasteiger partial charge is 0.241 e. The van der Waals surface area contributed by atoms with E-state index < -0.39 is 28.5 Å². The Hall–Kier alpha value is -2.16. The highest BCUT2D eigenvalue weighted by Crippen LogP contribution is 2.31. The van der Waals surface area contributed by atoms with Crippen LogP contribution in [0.4, 0.5) is 5.69 Å². The maximum atomic E-state index is 12.6. The second-order valence-corrected chi connectivity index (χ2v) is 9.02. The first-order valence-electron chi connectivity index (χ1n) is 8.51. The van der Waals surface area contributed by atoms with Crippen LogP contribution in [0.2, 0.25) is 10.0 Å². The number of anilines is 1. The maximum absolute atomic E-state index is 12.6. The molecule has 1 N–H and O–H groups in total. The van der Waals surface area contributed by atoms with Crippen molar-refractivity contribution in [3.05, 3.63) is 52.0 Å². The van der Waals surface area contributed by atoms with Crippen LogP contribution in [-0.2, 0) is 14.8 Å². The van der Waals surface area contributed by atoms with Gasteiger partial charge in [0.25, 0.3) is 0 Å². The Balaban J connectivity index is 2.20. The number of halogens is 2. The van der Waals surface area contributed by atoms with Gasteiger partial charge in [-0.3, -0.25) is 9.10 Å². The second kappa shape index (κ2) is 9.56. The summed E-state index contributed by atoms with van der Waals surface area (Å²) in [6, 6.07) is 9.24. The van der Waals surface area contributed by atoms with Crippen molar-refractivity contribution >= 4 is 44.8 Å². The average molecular weight is 461 g/mol. The van der Waals surface area contributed by atoms with Gasteiger partial charge in [-0.1, -0.05) is 29.3 Å². The molecule has 0 heterocycles. The molecule has 7 nitrogen and oxygen atoms in total. The van der Waals surface area contributed by atoms with Gasteiger partial charge in [0.1, 0.15) is 6.54 Å². The molecule has 0 aliphatic carbocycles. The van der Waals surface area contributed by atoms with Crippen LogP contribution in [0.3, 0.4) is 0 Å². The minimum Gasteiger partial charge on any atom is -0.493 e. The minimum atomic E-state index is -3.76. The zero-order chi connectivity index (χ0) is 21.8. The molecule has 0 fully saturated rings. The van der Waals surface area contributed by atoms with E-state index in [2.05, 4.69) is 5.32 Å². The monoisotopic (exact) mass is 460 g/mol. The number of amides is 1. The molecule has 0 aliphatic rings. The van der Waals surface area contributed by atoms with E-state index >= 15 is 0 Å². The molecule has 1 atom stereocenters. The largest absolute Gasteiger partial charge is 0.493 e. The SMILES string of the molecule is COc1ccc([C@@H](C)NC(=O)CN(c2ccc(Cl)cc2Cl)S(C)(=O)=O)cc1OC. The van der Waals surface area contributed by atoms with Gasteiger partial charge in [-0.25, -0.2) is 8.42 Å². The lowest BCUT2D eigenvalue weighted by Crippen LogP contribution is -2.41. The summed E-state index contributed by atoms with van der Waals surface area (Å²) in [6.45, 7) is 1.34. The number of nitrogens with one attached hydrogen (secondary N) is 1. The van der Waals surface area contributed by atoms with Gasteiger partial charge in [0, 0.05) is 5.02 Å². The van der Waals surface area contributed by atoms with E-state index in [-0.39, 0.29) is 10.7 Å². The van der Waals surface area contributed by atoms with E-state index in [0.717, 1.165) is 16.1 Å². The number of nitrogens with zero attached hydrogens (tertiary/aromatic N) is 1. The van der Waals surface area contributed by atoms with Gasteiger partial charge in [-0.15, -0.1) is 0 Å². The number of sulfonamides is 1. The first-order chi connectivity index (χ1) is 13.6. The van der Waals surface area contributed by atoms with Crippen LogP contribution in [0.5, 0.6) is 11.5 Å². The Morgan fingerprint density at radius 3 is 2.31 bits per heavy atom. The predicted molar refractivity (Wildman–Crippen MR) is 115 cm³/mol. The maximum Gasteiger partial charge on any atom is 0.241 e. The van der Waals surface area contributed by atoms with Gasteiger partial charge in [-0.05, 0) is 42.8 Å². The van der Waals surface area contributed by atoms with Gasteiger partial charge < -0.3 is 14.8 Å². The summed E-state index contributed by atoms with van der Waals surface area (Å²) >= 11 is 12.0. The summed E-state index contributed by atoms with van der Waals surface area (Å²) in [5, 5.41) is 3.27. The lowest BCUT2D eigenvalue weighted by Gasteiger charge is -2.24. The molecule has 0 unspecified atom stereocenters. The third-order valence-electron chi connectivity index (χ3n) is 4.15. The molecule has 158 valence electrons. The summed E-state index contributed by atoms with van der Waals surface area (Å²) in [5.41, 5.74) is 0.943. The number of ether oxygens (including phenoxy) is 2. The van der Waals surface area contributed by atoms with Crippen LogP contribution in [0.25, 0.3) is 0 Å². The normalized spacial score (nSPS) is 12.2. The number of rotatable bonds is 8. The highest BCUT2D eigenvalue weighted by atomic mass is 35.5. The summed E-state index contributed by atoms with van der Waals surface area (Å²) in [5.74, 6) is 0.593. The molecule has 0 saturated carbocycles. The molecule has 2 aromatic carbocycles. The fourth-order valence-corrected chi connectivity index (χ4v) is 4.12. The van der Waals surface area contributed by atoms with Crippen LogP contribution >= 0.6 is 23.2 Å². The van der Waals surface area contributed by atoms with Gasteiger partial charge in [0.15, 0.2) is 11.5 Å². The zero-order valence-electron chi connectivity index (χ0n) is 16.4. The lowest BCUT2D eigenvalue weighted by molar-refractivity contribution is -0.120. The quantitative estimate of drug-likeness (QED) is 0.649. The molecule has 2 aromatic rings. The summed E-state index contributed by atoms with van der Waals surface area (Å²) < 4.78 is 35.9. The van der Waals surface area contributed by atoms with Crippen molar-refractivity contribution in [1.82, 2.24) is 5.32 Å². The Morgan fingerprint density at radius 2 is 1.76 bits per heavy atom. The summed E-state index contributed by atoms with van der Waals surface area (Å²) in [6.07, 6.45) is 1.00. The van der Waals surface area contributed by atoms with E-state index in [0.29, 0.717) is 16.5 Å². The molecule has 0 aliphatic heterocycles. The van der Waals surface area contributed by atoms with Crippen LogP contribution in [0.1, 0.15) is 18.5 Å². The standard InChI is InChI=1S/C19H22Cl2N2O5S/c1-12(13-5-8-17(27-2)18(9-13)28-3)22-19(24)11-23(29(4,25)26)16-7-6-14(20)10-15(16)21/h5-10,12H,11H2,1-4H3,(H,22,24)/t12-/m1/s1. The molecule has 0 aromatic heterocycles. The van der Waals surface area contributed by atoms with Crippen molar-refractivity contribution in [3.63, 3.8) is 0 Å². The first-order valence-corrected chi connectivity index (χ1v) is 11.1. The first kappa shape index (κ1) is 23.1. The van der Waals surface area contributed by atoms with Crippen molar-refractivity contribution in [2.24, 2.45) is 0 Å². The Morgan fingerprint density at radius 1 is 1.10 bits per heavy atom. The lowest BCUT2D eigenvalue weighted by atomic mass is 10.1. The van der Waals surface area contributed by atoms with E-state index in [4.69, 9.17) is 32.7 Å². The average Bonchev–Trinajstić information content (AvgIpc) is 2.65. The Kier molecular flexibility index (Phi) is 7.62. The molecular formula is C19H22Cl2N2O5S. The number of hydrogen-bond acceptors (Lipinski definition) is 5. The third-order valence-corrected chi connectivity index (χ3v) is 5.82. The van der Waals surface area contributed by atoms with Crippen molar-refractivity contribution in [1.29, 1.82) is 0 Å². The van der Waals surface area contributed by atoms with Crippen molar-refractivity contribution in [2.75, 3.05) is 31.3 Å². The van der Waals surface area contributed by atoms with Crippen LogP contribution < -0.4 is 19.1 Å². The van der Waals surface area contributed by atoms with Gasteiger partial charge in [0.05, 0.1) is 37.2 Å². The summed E-state index contributed by atoms with van der Waals surface area (Å²) in [4.78, 5) is 12.6. The fourth-order valence-electron chi connectivity index (χ4n) is 2.69. The number of benzene rings is 2. The molecule has 0 saturated heterocycles. The van der Waals surface area contributed by atoms with Crippen molar-refractivity contribution < 1.29 is 22.7 Å². The van der Waals surface area contributed by atoms with E-state index in [9.17, 15) is 13.2 Å². The van der Waals surface area contributed by atoms with E-state index in [1.807, 2.05) is 0 Å². The minimum absolute atomic E-state index is 0.128. The number of hydrogen-bond donors (Lipinski definition) is 1. The second-order valence-electron chi connectivity index (χ2n) is 6.27. The molecule has 10 heteroatoms. The van der Waals surface area contributed by atoms with Gasteiger partial charge >= 0.3 is 0 Å². The molecule has 2 rings (SSSR count). The Labute approximate surface area is 180 Å². The third kappa shape index (κ3) is 5.91. The molecule has 0 radical (unpaired) electrons. The molecule has 29 heavy (non-hydrogen) atoms. The topological polar surface area (TPSA) is 84.9 Å². The zero-order valence-corrected chi connectivity index (χ0v) is 18.7. The number of methoxy groups -OCH3 is 2. The summed E-state index contributed by atoms with van der Waals surface area (Å²) in [7, 11) is -0.709. The van der Waals surface area contributed by atoms with Crippen LogP contribution in [0, 0.1) is 0 Å². The number of carbonyl (C=O) groups excluding carboxylic acids is 1. The Bertz CT molecular complexity index is 998. The number of carbonyl (C=O) groups is 1. The van der Waals surface area contributed by atoms with Crippen molar-refractivity contribution in [3.8, 4) is 11.5 Å². The van der Waals surface area contributed by atoms with Gasteiger partial charge in [-0.2, -0.15) is 0 Å². The van der Waals surface area contributed by atoms with Crippen LogP contribution in [0.15, 0.2) is 36.4 Å². The van der Waals surface area contributed by atoms with E-state index in [1.54, 1.807) is 25.1 Å². The molecule has 0 bridgehead atoms. The highest BCUT2D eigenvalue weighted by Gasteiger charge is 2.24. The molecule has 0 spiro atoms. The predicted octanol–water partition coefficient (Wildman–Crippen LogP) is 3.65. The van der Waals surface area contributed by atoms with E-state index in [1.165, 1.54) is 32.4 Å². The van der Waals surface area contributed by atoms with Crippen molar-refractivity contribution in [2.45, 2.75) is 13.0 Å². The molecular weight excluding hydrogens is 439 g/mol.